The number of pyridine rings is 2. The van der Waals surface area contributed by atoms with Gasteiger partial charge < -0.3 is 20.3 Å². The Morgan fingerprint density at radius 2 is 1.91 bits per heavy atom. The number of anilines is 2. The fourth-order valence-electron chi connectivity index (χ4n) is 6.57. The normalized spacial score (nSPS) is 18.8. The number of fused-ring (bicyclic) bond motifs is 4. The van der Waals surface area contributed by atoms with Crippen LogP contribution in [0, 0.1) is 5.82 Å². The number of likely N-dealkylation sites (tertiary alicyclic amines) is 1. The summed E-state index contributed by atoms with van der Waals surface area (Å²) in [7, 11) is -1.91. The molecule has 0 unspecified atom stereocenters. The highest BCUT2D eigenvalue weighted by molar-refractivity contribution is 7.92. The number of piperidine rings is 1. The van der Waals surface area contributed by atoms with Crippen LogP contribution in [-0.4, -0.2) is 93.9 Å². The van der Waals surface area contributed by atoms with Crippen LogP contribution in [0.3, 0.4) is 0 Å². The van der Waals surface area contributed by atoms with E-state index in [-0.39, 0.29) is 35.7 Å². The molecule has 0 saturated carbocycles. The molecule has 2 saturated heterocycles. The summed E-state index contributed by atoms with van der Waals surface area (Å²) in [6, 6.07) is 5.31. The highest BCUT2D eigenvalue weighted by Crippen LogP contribution is 2.51. The second-order valence-electron chi connectivity index (χ2n) is 12.1. The fourth-order valence-corrected chi connectivity index (χ4v) is 7.12. The molecule has 0 atom stereocenters. The van der Waals surface area contributed by atoms with E-state index >= 15 is 4.39 Å². The van der Waals surface area contributed by atoms with Gasteiger partial charge in [0.25, 0.3) is 0 Å². The number of nitrogens with one attached hydrogen (secondary N) is 3. The molecule has 3 aromatic rings. The van der Waals surface area contributed by atoms with Crippen LogP contribution >= 0.6 is 0 Å². The third-order valence-corrected chi connectivity index (χ3v) is 9.20. The number of hydrogen-bond acceptors (Lipinski definition) is 9. The average Bonchev–Trinajstić information content (AvgIpc) is 3.16. The van der Waals surface area contributed by atoms with E-state index in [1.807, 2.05) is 13.8 Å². The van der Waals surface area contributed by atoms with E-state index in [2.05, 4.69) is 30.2 Å². The van der Waals surface area contributed by atoms with Crippen molar-refractivity contribution in [3.63, 3.8) is 0 Å². The van der Waals surface area contributed by atoms with E-state index in [0.717, 1.165) is 43.4 Å². The zero-order valence-electron chi connectivity index (χ0n) is 24.9. The van der Waals surface area contributed by atoms with Gasteiger partial charge in [0.1, 0.15) is 23.5 Å². The molecular formula is C30H38FN7O4S. The topological polar surface area (TPSA) is 129 Å². The Hall–Kier alpha value is -3.39. The molecule has 11 nitrogen and oxygen atoms in total. The van der Waals surface area contributed by atoms with Crippen LogP contribution in [0.1, 0.15) is 32.3 Å². The van der Waals surface area contributed by atoms with Gasteiger partial charge in [-0.05, 0) is 38.1 Å². The molecule has 2 fully saturated rings. The number of likely N-dealkylation sites (N-methyl/N-ethyl adjacent to an activating group) is 1. The van der Waals surface area contributed by atoms with Crippen molar-refractivity contribution in [3.8, 4) is 17.0 Å². The smallest absolute Gasteiger partial charge is 0.240 e. The van der Waals surface area contributed by atoms with Crippen molar-refractivity contribution < 1.29 is 22.3 Å². The highest BCUT2D eigenvalue weighted by Gasteiger charge is 2.59. The first-order chi connectivity index (χ1) is 20.5. The number of carbonyl (C=O) groups excluding carboxylic acids is 1. The summed E-state index contributed by atoms with van der Waals surface area (Å²) in [6.45, 7) is 8.00. The van der Waals surface area contributed by atoms with Crippen molar-refractivity contribution in [2.45, 2.75) is 44.2 Å². The number of halogens is 1. The number of rotatable bonds is 9. The Bertz CT molecular complexity index is 1670. The van der Waals surface area contributed by atoms with Crippen LogP contribution < -0.4 is 25.0 Å². The monoisotopic (exact) mass is 611 g/mol. The minimum Gasteiger partial charge on any atom is -0.475 e. The molecule has 3 aliphatic heterocycles. The third-order valence-electron chi connectivity index (χ3n) is 8.61. The Morgan fingerprint density at radius 1 is 1.16 bits per heavy atom. The van der Waals surface area contributed by atoms with Gasteiger partial charge in [-0.25, -0.2) is 17.8 Å². The lowest BCUT2D eigenvalue weighted by molar-refractivity contribution is -0.130. The molecule has 0 radical (unpaired) electrons. The molecule has 43 heavy (non-hydrogen) atoms. The van der Waals surface area contributed by atoms with E-state index in [9.17, 15) is 13.2 Å². The van der Waals surface area contributed by atoms with Crippen LogP contribution in [0.25, 0.3) is 22.0 Å². The Balaban J connectivity index is 1.39. The van der Waals surface area contributed by atoms with Crippen molar-refractivity contribution >= 4 is 38.2 Å². The van der Waals surface area contributed by atoms with Gasteiger partial charge in [-0.15, -0.1) is 0 Å². The summed E-state index contributed by atoms with van der Waals surface area (Å²) in [5, 5.41) is 7.33. The van der Waals surface area contributed by atoms with Crippen LogP contribution in [0.5, 0.6) is 5.88 Å². The van der Waals surface area contributed by atoms with Gasteiger partial charge in [0.2, 0.25) is 21.8 Å². The maximum atomic E-state index is 15.7. The number of carbonyl (C=O) groups is 1. The van der Waals surface area contributed by atoms with Crippen molar-refractivity contribution in [2.24, 2.45) is 0 Å². The highest BCUT2D eigenvalue weighted by atomic mass is 32.2. The first-order valence-electron chi connectivity index (χ1n) is 14.7. The van der Waals surface area contributed by atoms with Gasteiger partial charge in [0.05, 0.1) is 23.7 Å². The van der Waals surface area contributed by atoms with Gasteiger partial charge in [-0.1, -0.05) is 13.8 Å². The second kappa shape index (κ2) is 11.3. The summed E-state index contributed by atoms with van der Waals surface area (Å²) >= 11 is 0. The standard InChI is InChI=1S/C30H38FN7O4S/c1-18(2)33-9-10-42-28-25(36-43(4,40)41)11-19(14-35-28)21-12-22-24(13-23(21)31)34-15-26-27(22)30(29(39)37(26)3)16-38(17-30)20-5-7-32-8-6-20/h11-15,18,20,32-33,36H,5-10,16-17H2,1-4H3. The molecule has 13 heteroatoms. The van der Waals surface area contributed by atoms with Gasteiger partial charge in [-0.2, -0.15) is 0 Å². The molecule has 3 N–H and O–H groups in total. The van der Waals surface area contributed by atoms with E-state index in [0.29, 0.717) is 42.1 Å². The van der Waals surface area contributed by atoms with E-state index in [1.54, 1.807) is 24.2 Å². The maximum Gasteiger partial charge on any atom is 0.240 e. The third kappa shape index (κ3) is 5.54. The molecule has 1 amide bonds. The molecule has 230 valence electrons. The molecule has 2 aromatic heterocycles. The van der Waals surface area contributed by atoms with Crippen molar-refractivity contribution in [1.29, 1.82) is 0 Å². The molecule has 5 heterocycles. The first kappa shape index (κ1) is 29.7. The summed E-state index contributed by atoms with van der Waals surface area (Å²) in [4.78, 5) is 26.6. The lowest BCUT2D eigenvalue weighted by Gasteiger charge is -2.51. The summed E-state index contributed by atoms with van der Waals surface area (Å²) < 4.78 is 48.2. The predicted molar refractivity (Wildman–Crippen MR) is 165 cm³/mol. The summed E-state index contributed by atoms with van der Waals surface area (Å²) in [5.74, 6) is -0.400. The Kier molecular flexibility index (Phi) is 7.78. The van der Waals surface area contributed by atoms with Crippen LogP contribution in [-0.2, 0) is 20.2 Å². The van der Waals surface area contributed by atoms with Gasteiger partial charge >= 0.3 is 0 Å². The fraction of sp³-hybridized carbons (Fsp3) is 0.500. The molecule has 0 aliphatic carbocycles. The maximum absolute atomic E-state index is 15.7. The molecule has 0 bridgehead atoms. The minimum absolute atomic E-state index is 0.0302. The largest absolute Gasteiger partial charge is 0.475 e. The van der Waals surface area contributed by atoms with Gasteiger partial charge in [0.15, 0.2) is 0 Å². The van der Waals surface area contributed by atoms with E-state index in [1.165, 1.54) is 18.3 Å². The number of nitrogens with zero attached hydrogens (tertiary/aromatic N) is 4. The van der Waals surface area contributed by atoms with E-state index in [4.69, 9.17) is 4.74 Å². The summed E-state index contributed by atoms with van der Waals surface area (Å²) in [6.07, 6.45) is 6.25. The van der Waals surface area contributed by atoms with E-state index < -0.39 is 21.3 Å². The van der Waals surface area contributed by atoms with Gasteiger partial charge in [-0.3, -0.25) is 19.4 Å². The van der Waals surface area contributed by atoms with Crippen molar-refractivity contribution in [1.82, 2.24) is 25.5 Å². The molecule has 1 spiro atoms. The van der Waals surface area contributed by atoms with Crippen LogP contribution in [0.15, 0.2) is 30.6 Å². The predicted octanol–water partition coefficient (Wildman–Crippen LogP) is 2.47. The SMILES string of the molecule is CC(C)NCCOc1ncc(-c2cc3c4c(cnc3cc2F)N(C)C(=O)C42CN(C3CCNCC3)C2)cc1NS(C)(=O)=O. The minimum atomic E-state index is -3.67. The Morgan fingerprint density at radius 3 is 2.60 bits per heavy atom. The van der Waals surface area contributed by atoms with Gasteiger partial charge in [0, 0.05) is 73.1 Å². The summed E-state index contributed by atoms with van der Waals surface area (Å²) in [5.41, 5.74) is 2.06. The second-order valence-corrected chi connectivity index (χ2v) is 13.9. The number of aromatic nitrogens is 2. The van der Waals surface area contributed by atoms with Crippen LogP contribution in [0.4, 0.5) is 15.8 Å². The molecule has 1 aromatic carbocycles. The quantitative estimate of drug-likeness (QED) is 0.313. The number of benzene rings is 1. The molecular weight excluding hydrogens is 573 g/mol. The number of hydrogen-bond donors (Lipinski definition) is 3. The van der Waals surface area contributed by atoms with Crippen molar-refractivity contribution in [3.05, 3.63) is 42.0 Å². The van der Waals surface area contributed by atoms with Crippen molar-refractivity contribution in [2.75, 3.05) is 62.3 Å². The first-order valence-corrected chi connectivity index (χ1v) is 16.6. The lowest BCUT2D eigenvalue weighted by atomic mass is 9.72. The molecule has 6 rings (SSSR count). The lowest BCUT2D eigenvalue weighted by Crippen LogP contribution is -2.67. The van der Waals surface area contributed by atoms with Crippen LogP contribution in [0.2, 0.25) is 0 Å². The zero-order valence-corrected chi connectivity index (χ0v) is 25.7. The number of ether oxygens (including phenoxy) is 1. The zero-order chi connectivity index (χ0) is 30.5. The Labute approximate surface area is 251 Å². The number of sulfonamides is 1. The number of amides is 1. The average molecular weight is 612 g/mol. The molecule has 3 aliphatic rings.